The molecule has 0 saturated carbocycles. The van der Waals surface area contributed by atoms with Crippen LogP contribution in [-0.2, 0) is 6.61 Å². The van der Waals surface area contributed by atoms with E-state index in [1.807, 2.05) is 89.6 Å². The van der Waals surface area contributed by atoms with E-state index in [1.54, 1.807) is 53.0 Å². The molecule has 0 bridgehead atoms. The lowest BCUT2D eigenvalue weighted by Gasteiger charge is -2.36. The van der Waals surface area contributed by atoms with E-state index in [0.29, 0.717) is 60.5 Å². The molecule has 0 spiro atoms. The second-order valence-corrected chi connectivity index (χ2v) is 18.0. The maximum atomic E-state index is 11.6. The van der Waals surface area contributed by atoms with Gasteiger partial charge in [-0.1, -0.05) is 42.5 Å². The number of hydrogen-bond acceptors (Lipinski definition) is 12. The van der Waals surface area contributed by atoms with Crippen molar-refractivity contribution in [2.75, 3.05) is 88.3 Å². The van der Waals surface area contributed by atoms with Crippen LogP contribution in [0.3, 0.4) is 0 Å². The fourth-order valence-electron chi connectivity index (χ4n) is 8.21. The van der Waals surface area contributed by atoms with Crippen LogP contribution in [0.2, 0.25) is 0 Å². The van der Waals surface area contributed by atoms with Crippen LogP contribution in [0, 0.1) is 0 Å². The number of benzene rings is 5. The van der Waals surface area contributed by atoms with Crippen molar-refractivity contribution in [2.45, 2.75) is 32.1 Å². The summed E-state index contributed by atoms with van der Waals surface area (Å²) in [5, 5.41) is 11.5. The molecule has 0 atom stereocenters. The number of nitrogens with one attached hydrogen (secondary N) is 1. The number of thiophene rings is 2. The van der Waals surface area contributed by atoms with E-state index < -0.39 is 51.6 Å². The molecule has 0 amide bonds. The summed E-state index contributed by atoms with van der Waals surface area (Å²) in [5.74, 6) is 0.121. The number of H-pyrrole nitrogens is 1. The van der Waals surface area contributed by atoms with Gasteiger partial charge in [-0.2, -0.15) is 0 Å². The van der Waals surface area contributed by atoms with Crippen molar-refractivity contribution < 1.29 is 36.1 Å². The van der Waals surface area contributed by atoms with Crippen molar-refractivity contribution in [3.8, 4) is 17.4 Å². The summed E-state index contributed by atoms with van der Waals surface area (Å²) in [4.78, 5) is 25.4. The van der Waals surface area contributed by atoms with Gasteiger partial charge in [-0.05, 0) is 145 Å². The summed E-state index contributed by atoms with van der Waals surface area (Å²) >= 11 is 7.40. The summed E-state index contributed by atoms with van der Waals surface area (Å²) in [5.41, 5.74) is 3.36. The second-order valence-electron chi connectivity index (χ2n) is 16.1. The summed E-state index contributed by atoms with van der Waals surface area (Å²) in [7, 11) is 0. The van der Waals surface area contributed by atoms with Gasteiger partial charge in [-0.15, -0.1) is 22.7 Å². The highest BCUT2D eigenvalue weighted by Crippen LogP contribution is 2.33. The zero-order chi connectivity index (χ0) is 63.0. The van der Waals surface area contributed by atoms with Gasteiger partial charge >= 0.3 is 0 Å². The number of rotatable bonds is 17. The van der Waals surface area contributed by atoms with Crippen LogP contribution in [0.4, 0.5) is 11.4 Å². The molecule has 2 saturated heterocycles. The highest BCUT2D eigenvalue weighted by atomic mass is 35.5. The van der Waals surface area contributed by atoms with Crippen LogP contribution in [0.1, 0.15) is 53.0 Å². The van der Waals surface area contributed by atoms with Gasteiger partial charge in [-0.3, -0.25) is 14.6 Å². The fraction of sp³-hybridized carbons (Fsp3) is 0.298. The number of nitrogens with two attached hydrogens (primary N) is 1. The van der Waals surface area contributed by atoms with Gasteiger partial charge in [0.15, 0.2) is 0 Å². The molecule has 0 aliphatic carbocycles. The van der Waals surface area contributed by atoms with Crippen LogP contribution in [0.25, 0.3) is 42.0 Å². The molecule has 0 unspecified atom stereocenters. The topological polar surface area (TPSA) is 112 Å². The number of aromatic amines is 1. The first kappa shape index (κ1) is 33.5. The first-order valence-electron chi connectivity index (χ1n) is 30.8. The first-order valence-corrected chi connectivity index (χ1v) is 25.0. The number of pyridine rings is 2. The fourth-order valence-corrected chi connectivity index (χ4v) is 9.82. The molecule has 3 N–H and O–H groups in total. The molecule has 5 aromatic carbocycles. The van der Waals surface area contributed by atoms with Crippen molar-refractivity contribution in [2.24, 2.45) is 5.25 Å². The van der Waals surface area contributed by atoms with Gasteiger partial charge < -0.3 is 29.0 Å². The molecule has 71 heavy (non-hydrogen) atoms. The molecule has 9 aromatic rings. The van der Waals surface area contributed by atoms with Crippen LogP contribution >= 0.6 is 34.5 Å². The Balaban J connectivity index is 0.000000204. The zero-order valence-corrected chi connectivity index (χ0v) is 40.8. The quantitative estimate of drug-likeness (QED) is 0.0855. The van der Waals surface area contributed by atoms with E-state index in [1.165, 1.54) is 40.1 Å². The lowest BCUT2D eigenvalue weighted by Crippen LogP contribution is -2.46. The van der Waals surface area contributed by atoms with Gasteiger partial charge in [0.2, 0.25) is 11.4 Å². The maximum Gasteiger partial charge on any atom is 0.248 e. The number of aromatic nitrogens is 2. The Kier molecular flexibility index (Phi) is 11.9. The van der Waals surface area contributed by atoms with E-state index in [4.69, 9.17) is 36.1 Å². The highest BCUT2D eigenvalue weighted by molar-refractivity contribution is 7.17. The molecule has 2 aliphatic heterocycles. The minimum Gasteiger partial charge on any atom is -0.494 e. The van der Waals surface area contributed by atoms with Crippen molar-refractivity contribution >= 4 is 87.8 Å². The molecule has 11 rings (SSSR count). The maximum absolute atomic E-state index is 11.6. The molecule has 6 heterocycles. The molecule has 11 nitrogen and oxygen atoms in total. The number of fused-ring (bicyclic) bond motifs is 4. The molecule has 2 aliphatic rings. The first-order chi connectivity index (χ1) is 41.0. The minimum atomic E-state index is -3.41. The number of piperazine rings is 2. The number of anilines is 2. The minimum absolute atomic E-state index is 0.0818. The predicted molar refractivity (Wildman–Crippen MR) is 298 cm³/mol. The van der Waals surface area contributed by atoms with E-state index in [0.717, 1.165) is 37.1 Å². The Labute approximate surface area is 451 Å². The Morgan fingerprint density at radius 1 is 0.577 bits per heavy atom. The van der Waals surface area contributed by atoms with Gasteiger partial charge in [-0.25, -0.2) is 10.2 Å². The number of halogens is 1. The lowest BCUT2D eigenvalue weighted by molar-refractivity contribution is 0.239. The van der Waals surface area contributed by atoms with Gasteiger partial charge in [0, 0.05) is 130 Å². The number of ether oxygens (including phenoxy) is 3. The standard InChI is InChI=1S/C32H33N3O2S.C25H27N3O2S.ClH2N/c1-2-7-25(8-3-1)24-37-32-14-12-26-11-13-27(23-29(26)33-32)36-21-5-4-16-34-17-19-35(20-18-34)30-9-6-10-31-28(30)15-22-38-31;29-25-9-7-19-6-8-20(18-22(19)26-25)30-16-2-1-11-27-12-14-28(15-13-27)23-4-3-5-24-21(23)10-17-31-24;1-2/h1-3,6-15,22-23H,4-5,16-21,24H2;3-10,17-18H,1-2,11-16H2,(H,26,29);2H2/i4D2,5D2,16D2,21D2;1D2,2D2,11D2,16D2;. The molecule has 0 radical (unpaired) electrons. The van der Waals surface area contributed by atoms with Crippen LogP contribution in [0.5, 0.6) is 17.4 Å². The largest absolute Gasteiger partial charge is 0.494 e. The van der Waals surface area contributed by atoms with E-state index in [9.17, 15) is 4.79 Å². The smallest absolute Gasteiger partial charge is 0.248 e. The summed E-state index contributed by atoms with van der Waals surface area (Å²) in [6, 6.07) is 40.8. The Bertz CT molecular complexity index is 3900. The van der Waals surface area contributed by atoms with E-state index in [2.05, 4.69) is 36.8 Å². The number of nitrogens with zero attached hydrogens (tertiary/aromatic N) is 5. The summed E-state index contributed by atoms with van der Waals surface area (Å²) in [6.45, 7) is -9.86. The molecular formula is C57H62ClN7O4S2. The summed E-state index contributed by atoms with van der Waals surface area (Å²) < 4.78 is 156. The molecule has 2 fully saturated rings. The SMILES string of the molecule is NCl.[2H]C([2H])(Oc1ccc2ccc(=O)[nH]c2c1)C([2H])([2H])C([2H])([2H])C([2H])([2H])N1CCN(c2cccc3sccc23)CC1.[2H]C([2H])(Oc1ccc2ccc(OCc3ccccc3)nc2c1)C([2H])([2H])C([2H])([2H])C([2H])([2H])N1CCN(c2cccc3sccc23)CC1. The highest BCUT2D eigenvalue weighted by Gasteiger charge is 2.20. The van der Waals surface area contributed by atoms with Crippen LogP contribution < -0.4 is 34.8 Å². The third kappa shape index (κ3) is 13.4. The average molecular weight is 1020 g/mol. The van der Waals surface area contributed by atoms with Crippen LogP contribution in [-0.4, -0.2) is 98.2 Å². The zero-order valence-electron chi connectivity index (χ0n) is 54.4. The molecular weight excluding hydrogens is 946 g/mol. The average Bonchev–Trinajstić information content (AvgIpc) is 2.56. The van der Waals surface area contributed by atoms with Gasteiger partial charge in [0.1, 0.15) is 18.1 Å². The lowest BCUT2D eigenvalue weighted by atomic mass is 10.2. The Morgan fingerprint density at radius 2 is 1.13 bits per heavy atom. The molecule has 14 heteroatoms. The van der Waals surface area contributed by atoms with Gasteiger partial charge in [0.05, 0.1) is 29.6 Å². The Hall–Kier alpha value is -6.19. The van der Waals surface area contributed by atoms with Crippen molar-refractivity contribution in [3.05, 3.63) is 166 Å². The van der Waals surface area contributed by atoms with Gasteiger partial charge in [0.25, 0.3) is 0 Å². The Morgan fingerprint density at radius 3 is 1.73 bits per heavy atom. The second kappa shape index (κ2) is 25.3. The number of hydrogen-bond donors (Lipinski definition) is 2. The monoisotopic (exact) mass is 1020 g/mol. The van der Waals surface area contributed by atoms with Crippen LogP contribution in [0.15, 0.2) is 155 Å². The third-order valence-corrected chi connectivity index (χ3v) is 13.5. The van der Waals surface area contributed by atoms with Crippen molar-refractivity contribution in [1.29, 1.82) is 0 Å². The molecule has 4 aromatic heterocycles. The van der Waals surface area contributed by atoms with Crippen molar-refractivity contribution in [1.82, 2.24) is 19.8 Å². The third-order valence-electron chi connectivity index (χ3n) is 11.7. The van der Waals surface area contributed by atoms with Crippen molar-refractivity contribution in [3.63, 3.8) is 0 Å². The van der Waals surface area contributed by atoms with E-state index in [-0.39, 0.29) is 43.2 Å². The predicted octanol–water partition coefficient (Wildman–Crippen LogP) is 11.8. The van der Waals surface area contributed by atoms with E-state index >= 15 is 0 Å². The summed E-state index contributed by atoms with van der Waals surface area (Å²) in [6.07, 6.45) is -13.5. The molecule has 368 valence electrons. The normalized spacial score (nSPS) is 19.2.